The van der Waals surface area contributed by atoms with Gasteiger partial charge in [-0.2, -0.15) is 0 Å². The summed E-state index contributed by atoms with van der Waals surface area (Å²) in [7, 11) is 0. The molecule has 0 fully saturated rings. The van der Waals surface area contributed by atoms with Crippen LogP contribution in [0.25, 0.3) is 10.9 Å². The largest absolute Gasteiger partial charge is 0.480 e. The number of hydrogen-bond acceptors (Lipinski definition) is 3. The first-order chi connectivity index (χ1) is 11.8. The number of fused-ring (bicyclic) bond motifs is 1. The molecule has 0 spiro atoms. The molecule has 0 bridgehead atoms. The van der Waals surface area contributed by atoms with Gasteiger partial charge in [0.05, 0.1) is 0 Å². The van der Waals surface area contributed by atoms with Crippen molar-refractivity contribution in [2.24, 2.45) is 5.92 Å². The fraction of sp³-hybridized carbons (Fsp3) is 0.389. The number of carbonyl (C=O) groups is 3. The second-order valence-electron chi connectivity index (χ2n) is 6.35. The second kappa shape index (κ2) is 7.83. The van der Waals surface area contributed by atoms with Crippen LogP contribution in [0.4, 0.5) is 0 Å². The number of carboxylic acids is 1. The van der Waals surface area contributed by atoms with E-state index in [1.165, 1.54) is 6.92 Å². The number of H-pyrrole nitrogens is 1. The van der Waals surface area contributed by atoms with Crippen LogP contribution in [-0.2, 0) is 20.8 Å². The van der Waals surface area contributed by atoms with Gasteiger partial charge in [0.25, 0.3) is 0 Å². The van der Waals surface area contributed by atoms with Gasteiger partial charge in [-0.1, -0.05) is 32.0 Å². The molecule has 1 unspecified atom stereocenters. The van der Waals surface area contributed by atoms with Gasteiger partial charge in [0.15, 0.2) is 0 Å². The van der Waals surface area contributed by atoms with Crippen LogP contribution >= 0.6 is 0 Å². The van der Waals surface area contributed by atoms with Gasteiger partial charge in [-0.25, -0.2) is 0 Å². The Morgan fingerprint density at radius 2 is 1.76 bits per heavy atom. The zero-order valence-electron chi connectivity index (χ0n) is 14.5. The van der Waals surface area contributed by atoms with Crippen LogP contribution in [-0.4, -0.2) is 40.0 Å². The number of hydrogen-bond donors (Lipinski definition) is 4. The minimum atomic E-state index is -1.13. The Balaban J connectivity index is 2.23. The van der Waals surface area contributed by atoms with Crippen molar-refractivity contribution >= 4 is 28.7 Å². The van der Waals surface area contributed by atoms with E-state index in [0.29, 0.717) is 0 Å². The SMILES string of the molecule is CC(C)C(=O)NC(Cc1c[nH]c2ccccc12)C(=O)N[C@H](C)C(=O)O. The van der Waals surface area contributed by atoms with E-state index in [4.69, 9.17) is 5.11 Å². The predicted molar refractivity (Wildman–Crippen MR) is 94.0 cm³/mol. The van der Waals surface area contributed by atoms with Gasteiger partial charge in [-0.15, -0.1) is 0 Å². The number of aliphatic carboxylic acids is 1. The number of aromatic amines is 1. The lowest BCUT2D eigenvalue weighted by Crippen LogP contribution is -2.52. The number of nitrogens with one attached hydrogen (secondary N) is 3. The normalized spacial score (nSPS) is 13.4. The number of benzene rings is 1. The lowest BCUT2D eigenvalue weighted by molar-refractivity contribution is -0.141. The Hall–Kier alpha value is -2.83. The van der Waals surface area contributed by atoms with Gasteiger partial charge < -0.3 is 20.7 Å². The summed E-state index contributed by atoms with van der Waals surface area (Å²) in [5, 5.41) is 15.1. The zero-order valence-corrected chi connectivity index (χ0v) is 14.5. The molecule has 25 heavy (non-hydrogen) atoms. The van der Waals surface area contributed by atoms with Gasteiger partial charge in [0.1, 0.15) is 12.1 Å². The molecule has 134 valence electrons. The molecule has 7 nitrogen and oxygen atoms in total. The summed E-state index contributed by atoms with van der Waals surface area (Å²) in [5.41, 5.74) is 1.81. The molecule has 0 aliphatic rings. The zero-order chi connectivity index (χ0) is 18.6. The monoisotopic (exact) mass is 345 g/mol. The van der Waals surface area contributed by atoms with E-state index in [0.717, 1.165) is 16.5 Å². The second-order valence-corrected chi connectivity index (χ2v) is 6.35. The van der Waals surface area contributed by atoms with E-state index in [1.807, 2.05) is 24.3 Å². The maximum absolute atomic E-state index is 12.5. The Labute approximate surface area is 145 Å². The van der Waals surface area contributed by atoms with Crippen molar-refractivity contribution in [3.8, 4) is 0 Å². The van der Waals surface area contributed by atoms with Crippen molar-refractivity contribution in [2.75, 3.05) is 0 Å². The number of carboxylic acid groups (broad SMARTS) is 1. The number of amides is 2. The van der Waals surface area contributed by atoms with Crippen LogP contribution in [0.2, 0.25) is 0 Å². The molecular formula is C18H23N3O4. The van der Waals surface area contributed by atoms with Crippen LogP contribution in [0.3, 0.4) is 0 Å². The van der Waals surface area contributed by atoms with Crippen molar-refractivity contribution in [3.63, 3.8) is 0 Å². The molecule has 2 aromatic rings. The number of aromatic nitrogens is 1. The third-order valence-electron chi connectivity index (χ3n) is 3.99. The lowest BCUT2D eigenvalue weighted by atomic mass is 10.0. The Morgan fingerprint density at radius 3 is 2.40 bits per heavy atom. The summed E-state index contributed by atoms with van der Waals surface area (Å²) in [4.78, 5) is 38.6. The first kappa shape index (κ1) is 18.5. The average Bonchev–Trinajstić information content (AvgIpc) is 2.97. The molecular weight excluding hydrogens is 322 g/mol. The van der Waals surface area contributed by atoms with Crippen LogP contribution in [0, 0.1) is 5.92 Å². The van der Waals surface area contributed by atoms with Crippen LogP contribution in [0.1, 0.15) is 26.3 Å². The standard InChI is InChI=1S/C18H23N3O4/c1-10(2)16(22)21-15(17(23)20-11(3)18(24)25)8-12-9-19-14-7-5-4-6-13(12)14/h4-7,9-11,15,19H,8H2,1-3H3,(H,20,23)(H,21,22)(H,24,25)/t11-,15?/m1/s1. The van der Waals surface area contributed by atoms with E-state index in [2.05, 4.69) is 15.6 Å². The first-order valence-electron chi connectivity index (χ1n) is 8.18. The topological polar surface area (TPSA) is 111 Å². The highest BCUT2D eigenvalue weighted by Gasteiger charge is 2.26. The molecule has 0 saturated heterocycles. The molecule has 0 aliphatic carbocycles. The van der Waals surface area contributed by atoms with Crippen molar-refractivity contribution in [1.82, 2.24) is 15.6 Å². The molecule has 7 heteroatoms. The number of carbonyl (C=O) groups excluding carboxylic acids is 2. The predicted octanol–water partition coefficient (Wildman–Crippen LogP) is 1.44. The van der Waals surface area contributed by atoms with E-state index >= 15 is 0 Å². The Kier molecular flexibility index (Phi) is 5.80. The summed E-state index contributed by atoms with van der Waals surface area (Å²) < 4.78 is 0. The molecule has 4 N–H and O–H groups in total. The van der Waals surface area contributed by atoms with Crippen molar-refractivity contribution < 1.29 is 19.5 Å². The van der Waals surface area contributed by atoms with Gasteiger partial charge in [0.2, 0.25) is 11.8 Å². The number of rotatable bonds is 7. The minimum absolute atomic E-state index is 0.261. The fourth-order valence-electron chi connectivity index (χ4n) is 2.44. The summed E-state index contributed by atoms with van der Waals surface area (Å²) in [6.45, 7) is 4.85. The Morgan fingerprint density at radius 1 is 1.08 bits per heavy atom. The quantitative estimate of drug-likeness (QED) is 0.608. The summed E-state index contributed by atoms with van der Waals surface area (Å²) >= 11 is 0. The highest BCUT2D eigenvalue weighted by atomic mass is 16.4. The highest BCUT2D eigenvalue weighted by molar-refractivity contribution is 5.92. The molecule has 0 saturated carbocycles. The molecule has 2 amide bonds. The molecule has 1 aromatic carbocycles. The Bertz CT molecular complexity index is 781. The van der Waals surface area contributed by atoms with E-state index < -0.39 is 24.0 Å². The van der Waals surface area contributed by atoms with Crippen molar-refractivity contribution in [3.05, 3.63) is 36.0 Å². The van der Waals surface area contributed by atoms with E-state index in [9.17, 15) is 14.4 Å². The fourth-order valence-corrected chi connectivity index (χ4v) is 2.44. The van der Waals surface area contributed by atoms with Crippen LogP contribution in [0.5, 0.6) is 0 Å². The van der Waals surface area contributed by atoms with E-state index in [-0.39, 0.29) is 18.2 Å². The van der Waals surface area contributed by atoms with Crippen LogP contribution < -0.4 is 10.6 Å². The van der Waals surface area contributed by atoms with Crippen LogP contribution in [0.15, 0.2) is 30.5 Å². The molecule has 0 aliphatic heterocycles. The smallest absolute Gasteiger partial charge is 0.325 e. The first-order valence-corrected chi connectivity index (χ1v) is 8.18. The van der Waals surface area contributed by atoms with Gasteiger partial charge in [0, 0.05) is 29.4 Å². The molecule has 2 atom stereocenters. The summed E-state index contributed by atoms with van der Waals surface area (Å²) in [5.74, 6) is -2.19. The summed E-state index contributed by atoms with van der Waals surface area (Å²) in [6, 6.07) is 5.77. The summed E-state index contributed by atoms with van der Waals surface area (Å²) in [6.07, 6.45) is 2.06. The average molecular weight is 345 g/mol. The molecule has 1 heterocycles. The molecule has 2 rings (SSSR count). The third-order valence-corrected chi connectivity index (χ3v) is 3.99. The number of para-hydroxylation sites is 1. The lowest BCUT2D eigenvalue weighted by Gasteiger charge is -2.21. The van der Waals surface area contributed by atoms with Crippen molar-refractivity contribution in [2.45, 2.75) is 39.3 Å². The molecule has 1 aromatic heterocycles. The molecule has 0 radical (unpaired) electrons. The maximum Gasteiger partial charge on any atom is 0.325 e. The van der Waals surface area contributed by atoms with Gasteiger partial charge in [-0.05, 0) is 18.6 Å². The third kappa shape index (κ3) is 4.59. The maximum atomic E-state index is 12.5. The van der Waals surface area contributed by atoms with E-state index in [1.54, 1.807) is 20.0 Å². The minimum Gasteiger partial charge on any atom is -0.480 e. The van der Waals surface area contributed by atoms with Gasteiger partial charge in [-0.3, -0.25) is 14.4 Å². The highest BCUT2D eigenvalue weighted by Crippen LogP contribution is 2.19. The van der Waals surface area contributed by atoms with Crippen molar-refractivity contribution in [1.29, 1.82) is 0 Å². The van der Waals surface area contributed by atoms with Gasteiger partial charge >= 0.3 is 5.97 Å².